The maximum Gasteiger partial charge on any atom is 0.365 e. The monoisotopic (exact) mass is 391 g/mol. The number of halogens is 1. The molecule has 0 unspecified atom stereocenters. The molecule has 24 heavy (non-hydrogen) atoms. The zero-order valence-electron chi connectivity index (χ0n) is 14.4. The maximum absolute atomic E-state index is 13.1. The molecule has 0 radical (unpaired) electrons. The lowest BCUT2D eigenvalue weighted by molar-refractivity contribution is 0.230. The summed E-state index contributed by atoms with van der Waals surface area (Å²) < 4.78 is 29.7. The number of rotatable bonds is 9. The Kier molecular flexibility index (Phi) is 7.08. The summed E-state index contributed by atoms with van der Waals surface area (Å²) in [7, 11) is -3.44. The Hall–Kier alpha value is -0.650. The van der Waals surface area contributed by atoms with E-state index in [1.54, 1.807) is 31.3 Å². The first-order chi connectivity index (χ1) is 11.4. The van der Waals surface area contributed by atoms with Gasteiger partial charge < -0.3 is 13.5 Å². The van der Waals surface area contributed by atoms with E-state index in [0.29, 0.717) is 28.6 Å². The summed E-state index contributed by atoms with van der Waals surface area (Å²) in [6.07, 6.45) is 2.34. The van der Waals surface area contributed by atoms with Crippen molar-refractivity contribution in [1.29, 1.82) is 0 Å². The average Bonchev–Trinajstić information content (AvgIpc) is 3.13. The van der Waals surface area contributed by atoms with Crippen molar-refractivity contribution >= 4 is 35.8 Å². The van der Waals surface area contributed by atoms with E-state index < -0.39 is 7.60 Å². The molecule has 0 saturated carbocycles. The highest BCUT2D eigenvalue weighted by Crippen LogP contribution is 2.50. The van der Waals surface area contributed by atoms with Gasteiger partial charge in [-0.2, -0.15) is 0 Å². The second-order valence-electron chi connectivity index (χ2n) is 5.58. The molecule has 0 spiro atoms. The Morgan fingerprint density at radius 3 is 2.54 bits per heavy atom. The molecule has 0 aliphatic carbocycles. The van der Waals surface area contributed by atoms with Gasteiger partial charge in [0.25, 0.3) is 0 Å². The van der Waals surface area contributed by atoms with Crippen LogP contribution in [-0.4, -0.2) is 18.2 Å². The highest BCUT2D eigenvalue weighted by Gasteiger charge is 2.34. The summed E-state index contributed by atoms with van der Waals surface area (Å²) in [5, 5.41) is 1.23. The van der Waals surface area contributed by atoms with E-state index >= 15 is 0 Å². The quantitative estimate of drug-likeness (QED) is 0.432. The number of aromatic nitrogens is 1. The fourth-order valence-electron chi connectivity index (χ4n) is 2.36. The second-order valence-corrected chi connectivity index (χ2v) is 9.01. The molecule has 0 bridgehead atoms. The Balaban J connectivity index is 2.53. The predicted octanol–water partition coefficient (Wildman–Crippen LogP) is 5.23. The van der Waals surface area contributed by atoms with E-state index in [9.17, 15) is 4.57 Å². The molecule has 2 aromatic heterocycles. The molecule has 0 amide bonds. The predicted molar refractivity (Wildman–Crippen MR) is 98.4 cm³/mol. The molecule has 0 aliphatic rings. The fraction of sp³-hybridized carbons (Fsp3) is 0.562. The van der Waals surface area contributed by atoms with Gasteiger partial charge in [-0.15, -0.1) is 22.9 Å². The molecule has 5 nitrogen and oxygen atoms in total. The van der Waals surface area contributed by atoms with Crippen LogP contribution in [0.2, 0.25) is 0 Å². The van der Waals surface area contributed by atoms with Crippen molar-refractivity contribution in [3.05, 3.63) is 22.2 Å². The summed E-state index contributed by atoms with van der Waals surface area (Å²) in [4.78, 5) is 5.65. The third kappa shape index (κ3) is 4.30. The van der Waals surface area contributed by atoms with Crippen molar-refractivity contribution in [2.75, 3.05) is 13.2 Å². The van der Waals surface area contributed by atoms with Crippen molar-refractivity contribution in [1.82, 2.24) is 4.98 Å². The standard InChI is InChI=1S/C16H23ClNO4PS/c1-5-21-23(19,22-6-2)12-7-8-20-16(12)15-13(9-11(3)4)24-14(10-17)18-15/h7-8,11H,5-6,9-10H2,1-4H3. The van der Waals surface area contributed by atoms with Crippen LogP contribution in [-0.2, 0) is 25.9 Å². The summed E-state index contributed by atoms with van der Waals surface area (Å²) in [6, 6.07) is 1.64. The van der Waals surface area contributed by atoms with E-state index in [1.165, 1.54) is 6.26 Å². The summed E-state index contributed by atoms with van der Waals surface area (Å²) in [5.74, 6) is 1.24. The van der Waals surface area contributed by atoms with Gasteiger partial charge in [-0.3, -0.25) is 4.57 Å². The fourth-order valence-corrected chi connectivity index (χ4v) is 5.39. The molecule has 0 N–H and O–H groups in total. The van der Waals surface area contributed by atoms with Crippen LogP contribution >= 0.6 is 30.5 Å². The van der Waals surface area contributed by atoms with Crippen molar-refractivity contribution in [2.24, 2.45) is 5.92 Å². The molecule has 2 heterocycles. The minimum absolute atomic E-state index is 0.282. The lowest BCUT2D eigenvalue weighted by atomic mass is 10.1. The minimum Gasteiger partial charge on any atom is -0.462 e. The highest BCUT2D eigenvalue weighted by atomic mass is 35.5. The van der Waals surface area contributed by atoms with Crippen LogP contribution in [0.5, 0.6) is 0 Å². The molecular formula is C16H23ClNO4PS. The maximum atomic E-state index is 13.1. The van der Waals surface area contributed by atoms with Gasteiger partial charge in [0.1, 0.15) is 16.0 Å². The molecule has 8 heteroatoms. The summed E-state index contributed by atoms with van der Waals surface area (Å²) in [5.41, 5.74) is 0.684. The third-order valence-corrected chi connectivity index (χ3v) is 6.83. The van der Waals surface area contributed by atoms with Crippen LogP contribution in [0.4, 0.5) is 0 Å². The van der Waals surface area contributed by atoms with Gasteiger partial charge in [0.2, 0.25) is 0 Å². The van der Waals surface area contributed by atoms with E-state index in [1.807, 2.05) is 0 Å². The number of thiazole rings is 1. The Labute approximate surface area is 151 Å². The SMILES string of the molecule is CCOP(=O)(OCC)c1ccoc1-c1nc(CCl)sc1CC(C)C. The first-order valence-corrected chi connectivity index (χ1v) is 10.9. The number of nitrogens with zero attached hydrogens (tertiary/aromatic N) is 1. The first kappa shape index (κ1) is 19.7. The molecule has 2 aromatic rings. The van der Waals surface area contributed by atoms with Crippen LogP contribution in [0.1, 0.15) is 37.6 Å². The lowest BCUT2D eigenvalue weighted by Gasteiger charge is -2.16. The van der Waals surface area contributed by atoms with Crippen LogP contribution in [0.25, 0.3) is 11.5 Å². The van der Waals surface area contributed by atoms with Gasteiger partial charge in [0, 0.05) is 4.88 Å². The number of hydrogen-bond donors (Lipinski definition) is 0. The normalized spacial score (nSPS) is 12.2. The second kappa shape index (κ2) is 8.63. The zero-order valence-corrected chi connectivity index (χ0v) is 16.8. The minimum atomic E-state index is -3.44. The van der Waals surface area contributed by atoms with Crippen molar-refractivity contribution in [3.63, 3.8) is 0 Å². The van der Waals surface area contributed by atoms with Crippen molar-refractivity contribution in [2.45, 2.75) is 40.0 Å². The molecule has 0 saturated heterocycles. The molecule has 0 fully saturated rings. The van der Waals surface area contributed by atoms with Gasteiger partial charge in [-0.05, 0) is 32.3 Å². The van der Waals surface area contributed by atoms with Gasteiger partial charge in [-0.25, -0.2) is 4.98 Å². The highest BCUT2D eigenvalue weighted by molar-refractivity contribution is 7.62. The Morgan fingerprint density at radius 2 is 2.00 bits per heavy atom. The average molecular weight is 392 g/mol. The Morgan fingerprint density at radius 1 is 1.33 bits per heavy atom. The van der Waals surface area contributed by atoms with Gasteiger partial charge in [0.15, 0.2) is 5.76 Å². The lowest BCUT2D eigenvalue weighted by Crippen LogP contribution is -2.11. The van der Waals surface area contributed by atoms with Crippen LogP contribution in [0.3, 0.4) is 0 Å². The van der Waals surface area contributed by atoms with Crippen LogP contribution < -0.4 is 5.30 Å². The van der Waals surface area contributed by atoms with Gasteiger partial charge in [0.05, 0.1) is 25.4 Å². The Bertz CT molecular complexity index is 703. The molecule has 0 aliphatic heterocycles. The zero-order chi connectivity index (χ0) is 17.7. The molecule has 0 atom stereocenters. The molecule has 134 valence electrons. The van der Waals surface area contributed by atoms with Gasteiger partial charge >= 0.3 is 7.60 Å². The van der Waals surface area contributed by atoms with E-state index in [0.717, 1.165) is 16.3 Å². The summed E-state index contributed by atoms with van der Waals surface area (Å²) in [6.45, 7) is 8.40. The number of furan rings is 1. The smallest absolute Gasteiger partial charge is 0.365 e. The molecular weight excluding hydrogens is 369 g/mol. The van der Waals surface area contributed by atoms with E-state index in [2.05, 4.69) is 18.8 Å². The molecule has 0 aromatic carbocycles. The number of hydrogen-bond acceptors (Lipinski definition) is 6. The number of alkyl halides is 1. The third-order valence-electron chi connectivity index (χ3n) is 3.20. The van der Waals surface area contributed by atoms with Crippen molar-refractivity contribution in [3.8, 4) is 11.5 Å². The first-order valence-electron chi connectivity index (χ1n) is 7.97. The van der Waals surface area contributed by atoms with Crippen LogP contribution in [0.15, 0.2) is 16.7 Å². The van der Waals surface area contributed by atoms with E-state index in [-0.39, 0.29) is 13.2 Å². The van der Waals surface area contributed by atoms with Crippen molar-refractivity contribution < 1.29 is 18.0 Å². The largest absolute Gasteiger partial charge is 0.462 e. The van der Waals surface area contributed by atoms with Crippen LogP contribution in [0, 0.1) is 5.92 Å². The topological polar surface area (TPSA) is 61.6 Å². The van der Waals surface area contributed by atoms with E-state index in [4.69, 9.17) is 25.1 Å². The summed E-state index contributed by atoms with van der Waals surface area (Å²) >= 11 is 7.51. The molecule has 2 rings (SSSR count). The van der Waals surface area contributed by atoms with Gasteiger partial charge in [-0.1, -0.05) is 13.8 Å².